The van der Waals surface area contributed by atoms with Crippen LogP contribution in [0, 0.1) is 0 Å². The van der Waals surface area contributed by atoms with Gasteiger partial charge in [-0.3, -0.25) is 0 Å². The lowest BCUT2D eigenvalue weighted by molar-refractivity contribution is 0.0685. The zero-order valence-electron chi connectivity index (χ0n) is 22.7. The van der Waals surface area contributed by atoms with Crippen LogP contribution in [-0.2, 0) is 0 Å². The normalized spacial score (nSPS) is 10.5. The van der Waals surface area contributed by atoms with E-state index in [1.165, 1.54) is 59.9 Å². The summed E-state index contributed by atoms with van der Waals surface area (Å²) in [5.41, 5.74) is 0.900. The summed E-state index contributed by atoms with van der Waals surface area (Å²) in [6.07, 6.45) is 0. The Kier molecular flexibility index (Phi) is 9.43. The quantitative estimate of drug-likeness (QED) is 0.118. The molecule has 0 heterocycles. The Hall–Kier alpha value is -5.32. The topological polar surface area (TPSA) is 127 Å². The van der Waals surface area contributed by atoms with Crippen LogP contribution in [0.25, 0.3) is 0 Å². The summed E-state index contributed by atoms with van der Waals surface area (Å²) in [5.74, 6) is -2.52. The van der Waals surface area contributed by atoms with Gasteiger partial charge in [-0.2, -0.15) is 0 Å². The fourth-order valence-electron chi connectivity index (χ4n) is 3.88. The fourth-order valence-corrected chi connectivity index (χ4v) is 5.64. The molecule has 0 radical (unpaired) electrons. The molecular formula is C34H22O8S2. The van der Waals surface area contributed by atoms with Crippen molar-refractivity contribution in [2.45, 2.75) is 19.6 Å². The molecule has 44 heavy (non-hydrogen) atoms. The van der Waals surface area contributed by atoms with Gasteiger partial charge in [0.25, 0.3) is 0 Å². The first kappa shape index (κ1) is 30.1. The Labute approximate surface area is 260 Å². The number of aromatic carboxylic acids is 2. The van der Waals surface area contributed by atoms with Crippen molar-refractivity contribution in [3.63, 3.8) is 0 Å². The molecule has 0 bridgehead atoms. The third-order valence-electron chi connectivity index (χ3n) is 6.06. The second-order valence-corrected chi connectivity index (χ2v) is 11.5. The van der Waals surface area contributed by atoms with Gasteiger partial charge >= 0.3 is 23.9 Å². The summed E-state index contributed by atoms with van der Waals surface area (Å²) in [5, 5.41) is 18.3. The van der Waals surface area contributed by atoms with E-state index in [1.807, 2.05) is 12.1 Å². The van der Waals surface area contributed by atoms with Crippen molar-refractivity contribution < 1.29 is 38.9 Å². The smallest absolute Gasteiger partial charge is 0.343 e. The first-order chi connectivity index (χ1) is 21.2. The van der Waals surface area contributed by atoms with Crippen LogP contribution in [-0.4, -0.2) is 34.1 Å². The number of ether oxygens (including phenoxy) is 2. The molecule has 5 aromatic carbocycles. The van der Waals surface area contributed by atoms with E-state index in [0.717, 1.165) is 19.6 Å². The van der Waals surface area contributed by atoms with E-state index in [9.17, 15) is 19.2 Å². The number of carboxylic acid groups (broad SMARTS) is 2. The summed E-state index contributed by atoms with van der Waals surface area (Å²) < 4.78 is 10.9. The lowest BCUT2D eigenvalue weighted by Crippen LogP contribution is -2.11. The van der Waals surface area contributed by atoms with Gasteiger partial charge < -0.3 is 19.7 Å². The number of benzene rings is 5. The molecule has 5 rings (SSSR count). The lowest BCUT2D eigenvalue weighted by atomic mass is 10.1. The van der Waals surface area contributed by atoms with Crippen LogP contribution in [0.5, 0.6) is 11.5 Å². The van der Waals surface area contributed by atoms with Crippen molar-refractivity contribution in [2.75, 3.05) is 0 Å². The number of carbonyl (C=O) groups excluding carboxylic acids is 2. The minimum Gasteiger partial charge on any atom is -0.478 e. The van der Waals surface area contributed by atoms with Crippen molar-refractivity contribution in [1.29, 1.82) is 0 Å². The summed E-state index contributed by atoms with van der Waals surface area (Å²) >= 11 is 2.77. The third-order valence-corrected chi connectivity index (χ3v) is 8.05. The largest absolute Gasteiger partial charge is 0.478 e. The Morgan fingerprint density at radius 3 is 1.14 bits per heavy atom. The van der Waals surface area contributed by atoms with Gasteiger partial charge in [-0.05, 0) is 109 Å². The Balaban J connectivity index is 1.14. The number of hydrogen-bond acceptors (Lipinski definition) is 8. The molecule has 0 saturated heterocycles. The average Bonchev–Trinajstić information content (AvgIpc) is 3.03. The standard InChI is InChI=1S/C34H22O8S2/c35-31(36)23-3-1-5-29(19-23)43-27-15-11-25(12-16-27)41-33(39)21-7-9-22(10-8-21)34(40)42-26-13-17-28(18-14-26)44-30-6-2-4-24(20-30)32(37)38/h1-20H,(H,35,36)(H,37,38). The summed E-state index contributed by atoms with van der Waals surface area (Å²) in [4.78, 5) is 50.9. The first-order valence-electron chi connectivity index (χ1n) is 13.0. The molecule has 2 N–H and O–H groups in total. The van der Waals surface area contributed by atoms with Gasteiger partial charge in [0.2, 0.25) is 0 Å². The van der Waals surface area contributed by atoms with Gasteiger partial charge in [0.1, 0.15) is 11.5 Å². The van der Waals surface area contributed by atoms with E-state index >= 15 is 0 Å². The number of carbonyl (C=O) groups is 4. The molecule has 10 heteroatoms. The Morgan fingerprint density at radius 2 is 0.795 bits per heavy atom. The molecule has 0 fully saturated rings. The molecular weight excluding hydrogens is 601 g/mol. The van der Waals surface area contributed by atoms with Gasteiger partial charge in [0.05, 0.1) is 22.3 Å². The zero-order chi connectivity index (χ0) is 31.1. The molecule has 0 unspecified atom stereocenters. The minimum absolute atomic E-state index is 0.201. The molecule has 218 valence electrons. The predicted octanol–water partition coefficient (Wildman–Crippen LogP) is 7.82. The monoisotopic (exact) mass is 622 g/mol. The Bertz CT molecular complexity index is 1700. The summed E-state index contributed by atoms with van der Waals surface area (Å²) in [6.45, 7) is 0. The number of hydrogen-bond donors (Lipinski definition) is 2. The highest BCUT2D eigenvalue weighted by atomic mass is 32.2. The van der Waals surface area contributed by atoms with Crippen LogP contribution in [0.15, 0.2) is 141 Å². The maximum absolute atomic E-state index is 12.6. The predicted molar refractivity (Wildman–Crippen MR) is 164 cm³/mol. The van der Waals surface area contributed by atoms with Gasteiger partial charge in [-0.1, -0.05) is 35.7 Å². The van der Waals surface area contributed by atoms with Crippen LogP contribution in [0.3, 0.4) is 0 Å². The van der Waals surface area contributed by atoms with Gasteiger partial charge in [-0.25, -0.2) is 19.2 Å². The second-order valence-electron chi connectivity index (χ2n) is 9.17. The molecule has 0 atom stereocenters. The van der Waals surface area contributed by atoms with Crippen molar-refractivity contribution >= 4 is 47.4 Å². The maximum atomic E-state index is 12.6. The number of esters is 2. The second kappa shape index (κ2) is 13.8. The SMILES string of the molecule is O=C(O)c1cccc(Sc2ccc(OC(=O)c3ccc(C(=O)Oc4ccc(Sc5cccc(C(=O)O)c5)cc4)cc3)cc2)c1. The molecule has 0 aliphatic carbocycles. The molecule has 0 aromatic heterocycles. The molecule has 8 nitrogen and oxygen atoms in total. The van der Waals surface area contributed by atoms with E-state index in [4.69, 9.17) is 19.7 Å². The molecule has 0 saturated carbocycles. The minimum atomic E-state index is -0.996. The van der Waals surface area contributed by atoms with E-state index < -0.39 is 23.9 Å². The van der Waals surface area contributed by atoms with Gasteiger partial charge in [0.15, 0.2) is 0 Å². The van der Waals surface area contributed by atoms with E-state index in [1.54, 1.807) is 72.8 Å². The molecule has 0 aliphatic rings. The van der Waals surface area contributed by atoms with Crippen LogP contribution < -0.4 is 9.47 Å². The molecule has 0 aliphatic heterocycles. The van der Waals surface area contributed by atoms with E-state index in [-0.39, 0.29) is 22.3 Å². The van der Waals surface area contributed by atoms with Gasteiger partial charge in [0, 0.05) is 19.6 Å². The number of rotatable bonds is 10. The maximum Gasteiger partial charge on any atom is 0.343 e. The summed E-state index contributed by atoms with van der Waals surface area (Å²) in [6, 6.07) is 32.7. The molecule has 5 aromatic rings. The van der Waals surface area contributed by atoms with E-state index in [0.29, 0.717) is 11.5 Å². The highest BCUT2D eigenvalue weighted by Gasteiger charge is 2.13. The third kappa shape index (κ3) is 7.94. The lowest BCUT2D eigenvalue weighted by Gasteiger charge is -2.08. The van der Waals surface area contributed by atoms with Crippen LogP contribution in [0.1, 0.15) is 41.4 Å². The van der Waals surface area contributed by atoms with Crippen molar-refractivity contribution in [3.05, 3.63) is 144 Å². The zero-order valence-corrected chi connectivity index (χ0v) is 24.3. The summed E-state index contributed by atoms with van der Waals surface area (Å²) in [7, 11) is 0. The first-order valence-corrected chi connectivity index (χ1v) is 14.6. The van der Waals surface area contributed by atoms with E-state index in [2.05, 4.69) is 0 Å². The fraction of sp³-hybridized carbons (Fsp3) is 0. The van der Waals surface area contributed by atoms with Crippen molar-refractivity contribution in [3.8, 4) is 11.5 Å². The average molecular weight is 623 g/mol. The van der Waals surface area contributed by atoms with Gasteiger partial charge in [-0.15, -0.1) is 0 Å². The van der Waals surface area contributed by atoms with Crippen LogP contribution in [0.2, 0.25) is 0 Å². The number of carboxylic acids is 2. The van der Waals surface area contributed by atoms with Crippen LogP contribution >= 0.6 is 23.5 Å². The van der Waals surface area contributed by atoms with Crippen LogP contribution in [0.4, 0.5) is 0 Å². The Morgan fingerprint density at radius 1 is 0.432 bits per heavy atom. The molecule has 0 spiro atoms. The van der Waals surface area contributed by atoms with Crippen molar-refractivity contribution in [2.24, 2.45) is 0 Å². The highest BCUT2D eigenvalue weighted by molar-refractivity contribution is 7.99. The highest BCUT2D eigenvalue weighted by Crippen LogP contribution is 2.31. The van der Waals surface area contributed by atoms with Crippen molar-refractivity contribution in [1.82, 2.24) is 0 Å². The molecule has 0 amide bonds.